The van der Waals surface area contributed by atoms with Gasteiger partial charge >= 0.3 is 0 Å². The van der Waals surface area contributed by atoms with Crippen LogP contribution in [0.5, 0.6) is 5.75 Å². The number of halogens is 2. The van der Waals surface area contributed by atoms with Gasteiger partial charge in [-0.1, -0.05) is 23.2 Å². The number of hydroxylamine groups is 1. The quantitative estimate of drug-likeness (QED) is 0.843. The van der Waals surface area contributed by atoms with Gasteiger partial charge in [0.05, 0.1) is 10.0 Å². The van der Waals surface area contributed by atoms with Crippen LogP contribution < -0.4 is 16.1 Å². The first-order valence-corrected chi connectivity index (χ1v) is 6.82. The molecule has 102 valence electrons. The Morgan fingerprint density at radius 3 is 2.53 bits per heavy atom. The molecule has 19 heavy (non-hydrogen) atoms. The maximum atomic E-state index is 11.0. The number of benzene rings is 1. The van der Waals surface area contributed by atoms with Crippen molar-refractivity contribution < 1.29 is 9.63 Å². The molecule has 3 N–H and O–H groups in total. The fourth-order valence-corrected chi connectivity index (χ4v) is 3.88. The minimum absolute atomic E-state index is 0.0372. The number of nitrogens with two attached hydrogens (primary N) is 1. The van der Waals surface area contributed by atoms with Gasteiger partial charge < -0.3 is 10.6 Å². The second-order valence-corrected chi connectivity index (χ2v) is 6.45. The molecular formula is C13H14Cl2N2O2. The summed E-state index contributed by atoms with van der Waals surface area (Å²) in [5.74, 6) is 0.274. The van der Waals surface area contributed by atoms with Crippen molar-refractivity contribution in [2.75, 3.05) is 0 Å². The van der Waals surface area contributed by atoms with Crippen molar-refractivity contribution in [2.24, 2.45) is 5.73 Å². The molecule has 0 heterocycles. The summed E-state index contributed by atoms with van der Waals surface area (Å²) in [7, 11) is 0. The van der Waals surface area contributed by atoms with E-state index in [0.29, 0.717) is 15.8 Å². The molecule has 2 bridgehead atoms. The summed E-state index contributed by atoms with van der Waals surface area (Å²) in [4.78, 5) is 16.3. The zero-order valence-corrected chi connectivity index (χ0v) is 11.9. The highest BCUT2D eigenvalue weighted by molar-refractivity contribution is 6.42. The Balaban J connectivity index is 1.96. The Hall–Kier alpha value is -0.970. The lowest BCUT2D eigenvalue weighted by atomic mass is 9.38. The Morgan fingerprint density at radius 2 is 2.00 bits per heavy atom. The van der Waals surface area contributed by atoms with E-state index in [2.05, 4.69) is 5.48 Å². The summed E-state index contributed by atoms with van der Waals surface area (Å²) in [6.45, 7) is 1.38. The molecule has 0 unspecified atom stereocenters. The topological polar surface area (TPSA) is 64.3 Å². The molecule has 1 amide bonds. The lowest BCUT2D eigenvalue weighted by Crippen LogP contribution is -2.74. The van der Waals surface area contributed by atoms with Gasteiger partial charge in [0.2, 0.25) is 5.91 Å². The molecule has 0 atom stereocenters. The third-order valence-electron chi connectivity index (χ3n) is 3.96. The average Bonchev–Trinajstić information content (AvgIpc) is 2.26. The number of carbonyl (C=O) groups excluding carboxylic acids is 1. The molecule has 3 aliphatic rings. The molecule has 3 aliphatic carbocycles. The molecule has 0 aliphatic heterocycles. The number of amides is 1. The standard InChI is InChI=1S/C13H14Cl2N2O2/c1-7(18)17-19-9-3-2-8(14)11(15)10(9)12-4-13(16,5-12)6-12/h2-3H,4-6,16H2,1H3,(H,17,18). The first-order chi connectivity index (χ1) is 8.85. The van der Waals surface area contributed by atoms with Gasteiger partial charge in [-0.15, -0.1) is 0 Å². The van der Waals surface area contributed by atoms with E-state index < -0.39 is 0 Å². The molecule has 0 aromatic heterocycles. The van der Waals surface area contributed by atoms with E-state index in [4.69, 9.17) is 33.8 Å². The van der Waals surface area contributed by atoms with Crippen molar-refractivity contribution >= 4 is 29.1 Å². The Bertz CT molecular complexity index is 554. The first-order valence-electron chi connectivity index (χ1n) is 6.06. The number of rotatable bonds is 3. The molecule has 6 heteroatoms. The predicted molar refractivity (Wildman–Crippen MR) is 73.4 cm³/mol. The number of hydrogen-bond donors (Lipinski definition) is 2. The van der Waals surface area contributed by atoms with E-state index >= 15 is 0 Å². The summed E-state index contributed by atoms with van der Waals surface area (Å²) < 4.78 is 0. The van der Waals surface area contributed by atoms with E-state index in [9.17, 15) is 4.79 Å². The summed E-state index contributed by atoms with van der Waals surface area (Å²) in [5.41, 5.74) is 9.19. The summed E-state index contributed by atoms with van der Waals surface area (Å²) in [6, 6.07) is 3.39. The van der Waals surface area contributed by atoms with Crippen LogP contribution in [-0.4, -0.2) is 11.4 Å². The third kappa shape index (κ3) is 1.90. The normalized spacial score (nSPS) is 31.2. The van der Waals surface area contributed by atoms with Gasteiger partial charge in [-0.05, 0) is 31.4 Å². The first kappa shape index (κ1) is 13.0. The second kappa shape index (κ2) is 4.01. The predicted octanol–water partition coefficient (Wildman–Crippen LogP) is 2.56. The van der Waals surface area contributed by atoms with Crippen molar-refractivity contribution in [3.63, 3.8) is 0 Å². The van der Waals surface area contributed by atoms with Crippen LogP contribution in [-0.2, 0) is 10.2 Å². The molecule has 1 aromatic rings. The van der Waals surface area contributed by atoms with E-state index in [-0.39, 0.29) is 16.9 Å². The van der Waals surface area contributed by atoms with Crippen LogP contribution in [0.25, 0.3) is 0 Å². The van der Waals surface area contributed by atoms with Crippen molar-refractivity contribution in [3.05, 3.63) is 27.7 Å². The Kier molecular flexibility index (Phi) is 2.75. The highest BCUT2D eigenvalue weighted by Crippen LogP contribution is 2.69. The highest BCUT2D eigenvalue weighted by Gasteiger charge is 2.67. The van der Waals surface area contributed by atoms with E-state index in [0.717, 1.165) is 24.8 Å². The van der Waals surface area contributed by atoms with Crippen LogP contribution in [0.2, 0.25) is 10.0 Å². The minimum atomic E-state index is -0.273. The van der Waals surface area contributed by atoms with Crippen LogP contribution >= 0.6 is 23.2 Å². The number of hydrogen-bond acceptors (Lipinski definition) is 3. The van der Waals surface area contributed by atoms with Gasteiger partial charge in [-0.3, -0.25) is 4.79 Å². The third-order valence-corrected chi connectivity index (χ3v) is 4.77. The Labute approximate surface area is 121 Å². The summed E-state index contributed by atoms with van der Waals surface area (Å²) in [6.07, 6.45) is 2.66. The van der Waals surface area contributed by atoms with E-state index in [1.165, 1.54) is 6.92 Å². The van der Waals surface area contributed by atoms with Crippen LogP contribution in [0.1, 0.15) is 31.7 Å². The Morgan fingerprint density at radius 1 is 1.37 bits per heavy atom. The highest BCUT2D eigenvalue weighted by atomic mass is 35.5. The van der Waals surface area contributed by atoms with Crippen LogP contribution in [0.3, 0.4) is 0 Å². The van der Waals surface area contributed by atoms with Gasteiger partial charge in [0.25, 0.3) is 0 Å². The number of carbonyl (C=O) groups is 1. The average molecular weight is 301 g/mol. The maximum absolute atomic E-state index is 11.0. The molecule has 0 saturated heterocycles. The fraction of sp³-hybridized carbons (Fsp3) is 0.462. The van der Waals surface area contributed by atoms with Gasteiger partial charge in [-0.2, -0.15) is 5.48 Å². The molecule has 3 fully saturated rings. The molecule has 4 rings (SSSR count). The molecule has 4 nitrogen and oxygen atoms in total. The molecule has 0 spiro atoms. The van der Waals surface area contributed by atoms with Crippen molar-refractivity contribution in [2.45, 2.75) is 37.1 Å². The second-order valence-electron chi connectivity index (χ2n) is 5.67. The van der Waals surface area contributed by atoms with Crippen LogP contribution in [0.15, 0.2) is 12.1 Å². The summed E-state index contributed by atoms with van der Waals surface area (Å²) >= 11 is 12.4. The van der Waals surface area contributed by atoms with E-state index in [1.807, 2.05) is 0 Å². The largest absolute Gasteiger partial charge is 0.379 e. The zero-order valence-electron chi connectivity index (χ0n) is 10.4. The SMILES string of the molecule is CC(=O)NOc1ccc(Cl)c(Cl)c1C12CC(N)(C1)C2. The minimum Gasteiger partial charge on any atom is -0.379 e. The molecule has 0 radical (unpaired) electrons. The van der Waals surface area contributed by atoms with E-state index in [1.54, 1.807) is 12.1 Å². The zero-order chi connectivity index (χ0) is 13.8. The smallest absolute Gasteiger partial charge is 0.249 e. The molecule has 1 aromatic carbocycles. The van der Waals surface area contributed by atoms with Gasteiger partial charge in [0, 0.05) is 23.4 Å². The molecular weight excluding hydrogens is 287 g/mol. The fourth-order valence-electron chi connectivity index (χ4n) is 3.37. The van der Waals surface area contributed by atoms with Crippen LogP contribution in [0.4, 0.5) is 0 Å². The van der Waals surface area contributed by atoms with Gasteiger partial charge in [-0.25, -0.2) is 0 Å². The maximum Gasteiger partial charge on any atom is 0.249 e. The van der Waals surface area contributed by atoms with Crippen molar-refractivity contribution in [1.82, 2.24) is 5.48 Å². The lowest BCUT2D eigenvalue weighted by molar-refractivity contribution is -0.125. The van der Waals surface area contributed by atoms with Crippen LogP contribution in [0, 0.1) is 0 Å². The lowest BCUT2D eigenvalue weighted by Gasteiger charge is -2.69. The van der Waals surface area contributed by atoms with Gasteiger partial charge in [0.1, 0.15) is 0 Å². The monoisotopic (exact) mass is 300 g/mol. The summed E-state index contributed by atoms with van der Waals surface area (Å²) in [5, 5.41) is 0.980. The molecule has 3 saturated carbocycles. The van der Waals surface area contributed by atoms with Gasteiger partial charge in [0.15, 0.2) is 5.75 Å². The van der Waals surface area contributed by atoms with Crippen molar-refractivity contribution in [3.8, 4) is 5.75 Å². The number of nitrogens with one attached hydrogen (secondary N) is 1. The van der Waals surface area contributed by atoms with Crippen molar-refractivity contribution in [1.29, 1.82) is 0 Å².